The van der Waals surface area contributed by atoms with Crippen LogP contribution in [-0.4, -0.2) is 49.6 Å². The number of primary amides is 1. The van der Waals surface area contributed by atoms with Crippen LogP contribution in [0, 0.1) is 5.92 Å². The van der Waals surface area contributed by atoms with Gasteiger partial charge in [0.05, 0.1) is 12.2 Å². The van der Waals surface area contributed by atoms with Crippen molar-refractivity contribution in [2.24, 2.45) is 11.7 Å². The number of likely N-dealkylation sites (tertiary alicyclic amines) is 1. The summed E-state index contributed by atoms with van der Waals surface area (Å²) in [5, 5.41) is 2.89. The van der Waals surface area contributed by atoms with Crippen molar-refractivity contribution in [3.63, 3.8) is 0 Å². The molecular formula is C16H20BrN3O4. The average Bonchev–Trinajstić information content (AvgIpc) is 2.56. The molecule has 0 unspecified atom stereocenters. The lowest BCUT2D eigenvalue weighted by atomic mass is 9.96. The van der Waals surface area contributed by atoms with Gasteiger partial charge in [-0.1, -0.05) is 0 Å². The first kappa shape index (κ1) is 17.0. The lowest BCUT2D eigenvalue weighted by molar-refractivity contribution is -0.123. The van der Waals surface area contributed by atoms with E-state index in [1.165, 1.54) is 0 Å². The maximum absolute atomic E-state index is 12.3. The summed E-state index contributed by atoms with van der Waals surface area (Å²) >= 11 is 3.44. The molecule has 3 N–H and O–H groups in total. The molecule has 0 bridgehead atoms. The number of nitrogens with one attached hydrogen (secondary N) is 1. The summed E-state index contributed by atoms with van der Waals surface area (Å²) in [5.74, 6) is 0.863. The Kier molecular flexibility index (Phi) is 5.25. The smallest absolute Gasteiger partial charge is 0.238 e. The minimum atomic E-state index is -0.251. The van der Waals surface area contributed by atoms with Crippen LogP contribution >= 0.6 is 15.9 Å². The van der Waals surface area contributed by atoms with Crippen LogP contribution in [0.25, 0.3) is 0 Å². The summed E-state index contributed by atoms with van der Waals surface area (Å²) in [6.07, 6.45) is 1.41. The van der Waals surface area contributed by atoms with Gasteiger partial charge in [0, 0.05) is 22.5 Å². The van der Waals surface area contributed by atoms with Crippen LogP contribution in [0.1, 0.15) is 12.8 Å². The van der Waals surface area contributed by atoms with Crippen LogP contribution < -0.4 is 20.5 Å². The van der Waals surface area contributed by atoms with Crippen molar-refractivity contribution >= 4 is 33.4 Å². The van der Waals surface area contributed by atoms with Crippen molar-refractivity contribution in [2.75, 3.05) is 38.2 Å². The maximum atomic E-state index is 12.3. The zero-order valence-electron chi connectivity index (χ0n) is 13.2. The van der Waals surface area contributed by atoms with Crippen LogP contribution in [0.4, 0.5) is 5.69 Å². The van der Waals surface area contributed by atoms with E-state index in [4.69, 9.17) is 15.2 Å². The number of hydrogen-bond acceptors (Lipinski definition) is 5. The molecule has 2 amide bonds. The molecule has 130 valence electrons. The SMILES string of the molecule is NC(=O)C1CCN(CC(=O)Nc2cc3c(cc2Br)OCCO3)CC1. The second-order valence-corrected chi connectivity index (χ2v) is 6.83. The van der Waals surface area contributed by atoms with Crippen LogP contribution in [0.15, 0.2) is 16.6 Å². The highest BCUT2D eigenvalue weighted by Gasteiger charge is 2.24. The number of rotatable bonds is 4. The molecule has 7 nitrogen and oxygen atoms in total. The Morgan fingerprint density at radius 2 is 1.83 bits per heavy atom. The first-order chi connectivity index (χ1) is 11.5. The number of carbonyl (C=O) groups is 2. The zero-order valence-corrected chi connectivity index (χ0v) is 14.8. The first-order valence-corrected chi connectivity index (χ1v) is 8.73. The number of hydrogen-bond donors (Lipinski definition) is 2. The molecule has 0 saturated carbocycles. The van der Waals surface area contributed by atoms with E-state index in [1.54, 1.807) is 12.1 Å². The molecule has 2 aliphatic heterocycles. The fourth-order valence-electron chi connectivity index (χ4n) is 2.93. The number of nitrogens with two attached hydrogens (primary N) is 1. The monoisotopic (exact) mass is 397 g/mol. The van der Waals surface area contributed by atoms with Crippen LogP contribution in [-0.2, 0) is 9.59 Å². The minimum Gasteiger partial charge on any atom is -0.486 e. The van der Waals surface area contributed by atoms with Crippen molar-refractivity contribution in [3.8, 4) is 11.5 Å². The molecule has 2 heterocycles. The van der Waals surface area contributed by atoms with Gasteiger partial charge >= 0.3 is 0 Å². The predicted octanol–water partition coefficient (Wildman–Crippen LogP) is 1.36. The second kappa shape index (κ2) is 7.40. The van der Waals surface area contributed by atoms with Crippen molar-refractivity contribution in [3.05, 3.63) is 16.6 Å². The Morgan fingerprint density at radius 3 is 2.46 bits per heavy atom. The number of anilines is 1. The first-order valence-electron chi connectivity index (χ1n) is 7.93. The van der Waals surface area contributed by atoms with E-state index in [0.29, 0.717) is 56.3 Å². The highest BCUT2D eigenvalue weighted by Crippen LogP contribution is 2.38. The van der Waals surface area contributed by atoms with E-state index in [2.05, 4.69) is 21.2 Å². The number of ether oxygens (including phenoxy) is 2. The molecule has 1 aromatic carbocycles. The number of nitrogens with zero attached hydrogens (tertiary/aromatic N) is 1. The molecule has 8 heteroatoms. The number of fused-ring (bicyclic) bond motifs is 1. The lowest BCUT2D eigenvalue weighted by Gasteiger charge is -2.29. The summed E-state index contributed by atoms with van der Waals surface area (Å²) in [6, 6.07) is 3.55. The molecule has 24 heavy (non-hydrogen) atoms. The molecule has 0 spiro atoms. The molecule has 0 radical (unpaired) electrons. The van der Waals surface area contributed by atoms with Crippen LogP contribution in [0.2, 0.25) is 0 Å². The van der Waals surface area contributed by atoms with Gasteiger partial charge in [0.15, 0.2) is 11.5 Å². The fourth-order valence-corrected chi connectivity index (χ4v) is 3.35. The Morgan fingerprint density at radius 1 is 1.21 bits per heavy atom. The molecule has 1 aromatic rings. The van der Waals surface area contributed by atoms with Gasteiger partial charge < -0.3 is 20.5 Å². The number of carbonyl (C=O) groups excluding carboxylic acids is 2. The molecule has 0 aromatic heterocycles. The maximum Gasteiger partial charge on any atom is 0.238 e. The highest BCUT2D eigenvalue weighted by atomic mass is 79.9. The summed E-state index contributed by atoms with van der Waals surface area (Å²) in [5.41, 5.74) is 5.97. The molecule has 0 aliphatic carbocycles. The van der Waals surface area contributed by atoms with Crippen LogP contribution in [0.5, 0.6) is 11.5 Å². The summed E-state index contributed by atoms with van der Waals surface area (Å²) in [7, 11) is 0. The highest BCUT2D eigenvalue weighted by molar-refractivity contribution is 9.10. The molecule has 1 fully saturated rings. The van der Waals surface area contributed by atoms with Gasteiger partial charge in [0.25, 0.3) is 0 Å². The van der Waals surface area contributed by atoms with E-state index in [-0.39, 0.29) is 24.3 Å². The standard InChI is InChI=1S/C16H20BrN3O4/c17-11-7-13-14(24-6-5-23-13)8-12(11)19-15(21)9-20-3-1-10(2-4-20)16(18)22/h7-8,10H,1-6,9H2,(H2,18,22)(H,19,21). The van der Waals surface area contributed by atoms with E-state index >= 15 is 0 Å². The molecule has 2 aliphatic rings. The average molecular weight is 398 g/mol. The van der Waals surface area contributed by atoms with Crippen molar-refractivity contribution < 1.29 is 19.1 Å². The van der Waals surface area contributed by atoms with Gasteiger partial charge in [-0.15, -0.1) is 0 Å². The number of halogens is 1. The van der Waals surface area contributed by atoms with E-state index < -0.39 is 0 Å². The van der Waals surface area contributed by atoms with Gasteiger partial charge in [-0.05, 0) is 41.9 Å². The lowest BCUT2D eigenvalue weighted by Crippen LogP contribution is -2.42. The van der Waals surface area contributed by atoms with Crippen molar-refractivity contribution in [2.45, 2.75) is 12.8 Å². The van der Waals surface area contributed by atoms with Gasteiger partial charge in [-0.25, -0.2) is 0 Å². The largest absolute Gasteiger partial charge is 0.486 e. The summed E-state index contributed by atoms with van der Waals surface area (Å²) in [4.78, 5) is 25.5. The van der Waals surface area contributed by atoms with E-state index in [0.717, 1.165) is 4.47 Å². The number of piperidine rings is 1. The third-order valence-electron chi connectivity index (χ3n) is 4.26. The predicted molar refractivity (Wildman–Crippen MR) is 92.1 cm³/mol. The van der Waals surface area contributed by atoms with Gasteiger partial charge in [-0.3, -0.25) is 14.5 Å². The molecular weight excluding hydrogens is 378 g/mol. The minimum absolute atomic E-state index is 0.0729. The second-order valence-electron chi connectivity index (χ2n) is 5.98. The third-order valence-corrected chi connectivity index (χ3v) is 4.92. The van der Waals surface area contributed by atoms with Gasteiger partial charge in [0.1, 0.15) is 13.2 Å². The molecule has 1 saturated heterocycles. The Labute approximate surface area is 148 Å². The molecule has 3 rings (SSSR count). The summed E-state index contributed by atoms with van der Waals surface area (Å²) in [6.45, 7) is 2.70. The summed E-state index contributed by atoms with van der Waals surface area (Å²) < 4.78 is 11.8. The van der Waals surface area contributed by atoms with Gasteiger partial charge in [0.2, 0.25) is 11.8 Å². The van der Waals surface area contributed by atoms with Crippen molar-refractivity contribution in [1.29, 1.82) is 0 Å². The fraction of sp³-hybridized carbons (Fsp3) is 0.500. The Balaban J connectivity index is 1.56. The third kappa shape index (κ3) is 3.99. The van der Waals surface area contributed by atoms with Gasteiger partial charge in [-0.2, -0.15) is 0 Å². The Hall–Kier alpha value is -1.80. The van der Waals surface area contributed by atoms with E-state index in [1.807, 2.05) is 4.90 Å². The van der Waals surface area contributed by atoms with Crippen molar-refractivity contribution in [1.82, 2.24) is 4.90 Å². The topological polar surface area (TPSA) is 93.9 Å². The van der Waals surface area contributed by atoms with Crippen LogP contribution in [0.3, 0.4) is 0 Å². The number of amides is 2. The zero-order chi connectivity index (χ0) is 17.1. The van der Waals surface area contributed by atoms with E-state index in [9.17, 15) is 9.59 Å². The molecule has 0 atom stereocenters. The Bertz CT molecular complexity index is 644. The normalized spacial score (nSPS) is 18.2. The number of benzene rings is 1. The quantitative estimate of drug-likeness (QED) is 0.799.